The molecule has 2 unspecified atom stereocenters. The number of carbonyl (C=O) groups excluding carboxylic acids is 1. The Morgan fingerprint density at radius 1 is 1.54 bits per heavy atom. The summed E-state index contributed by atoms with van der Waals surface area (Å²) in [4.78, 5) is 18.2. The maximum absolute atomic E-state index is 14.3. The summed E-state index contributed by atoms with van der Waals surface area (Å²) in [6, 6.07) is 5.96. The van der Waals surface area contributed by atoms with Gasteiger partial charge < -0.3 is 10.1 Å². The van der Waals surface area contributed by atoms with Crippen molar-refractivity contribution in [1.29, 1.82) is 0 Å². The molecule has 2 bridgehead atoms. The van der Waals surface area contributed by atoms with Gasteiger partial charge in [-0.3, -0.25) is 9.88 Å². The zero-order valence-corrected chi connectivity index (χ0v) is 13.7. The Morgan fingerprint density at radius 3 is 3.12 bits per heavy atom. The molecule has 2 atom stereocenters. The molecule has 1 aromatic heterocycles. The van der Waals surface area contributed by atoms with Gasteiger partial charge in [-0.2, -0.15) is 0 Å². The van der Waals surface area contributed by atoms with E-state index in [1.807, 2.05) is 6.07 Å². The minimum Gasteiger partial charge on any atom is -0.465 e. The molecule has 5 nitrogen and oxygen atoms in total. The summed E-state index contributed by atoms with van der Waals surface area (Å²) >= 11 is 5.94. The van der Waals surface area contributed by atoms with Gasteiger partial charge in [0, 0.05) is 29.4 Å². The van der Waals surface area contributed by atoms with Gasteiger partial charge in [0.25, 0.3) is 0 Å². The fourth-order valence-electron chi connectivity index (χ4n) is 3.35. The highest BCUT2D eigenvalue weighted by atomic mass is 35.5. The molecular formula is C17H15ClFN3O2. The largest absolute Gasteiger partial charge is 0.465 e. The summed E-state index contributed by atoms with van der Waals surface area (Å²) in [6.07, 6.45) is 3.87. The fourth-order valence-corrected chi connectivity index (χ4v) is 3.56. The first-order chi connectivity index (χ1) is 11.5. The van der Waals surface area contributed by atoms with Crippen LogP contribution in [0.4, 0.5) is 9.18 Å². The Labute approximate surface area is 143 Å². The third-order valence-corrected chi connectivity index (χ3v) is 4.71. The Hall–Kier alpha value is -2.34. The molecular weight excluding hydrogens is 333 g/mol. The molecule has 2 amide bonds. The first-order valence-electron chi connectivity index (χ1n) is 7.61. The molecule has 0 spiro atoms. The van der Waals surface area contributed by atoms with E-state index in [1.165, 1.54) is 6.07 Å². The highest BCUT2D eigenvalue weighted by Gasteiger charge is 2.49. The fraction of sp³-hybridized carbons (Fsp3) is 0.294. The van der Waals surface area contributed by atoms with E-state index in [4.69, 9.17) is 16.3 Å². The van der Waals surface area contributed by atoms with Crippen molar-refractivity contribution in [2.24, 2.45) is 0 Å². The Kier molecular flexibility index (Phi) is 3.38. The summed E-state index contributed by atoms with van der Waals surface area (Å²) in [7, 11) is 0. The zero-order valence-electron chi connectivity index (χ0n) is 12.9. The minimum atomic E-state index is -0.940. The summed E-state index contributed by atoms with van der Waals surface area (Å²) in [5.74, 6) is -0.375. The van der Waals surface area contributed by atoms with E-state index in [-0.39, 0.29) is 22.8 Å². The van der Waals surface area contributed by atoms with Gasteiger partial charge in [0.2, 0.25) is 0 Å². The molecule has 0 aliphatic carbocycles. The third kappa shape index (κ3) is 2.38. The van der Waals surface area contributed by atoms with Crippen LogP contribution in [-0.4, -0.2) is 21.6 Å². The Bertz CT molecular complexity index is 817. The maximum Gasteiger partial charge on any atom is 0.321 e. The van der Waals surface area contributed by atoms with Crippen LogP contribution in [0, 0.1) is 5.82 Å². The topological polar surface area (TPSA) is 54.5 Å². The van der Waals surface area contributed by atoms with Gasteiger partial charge in [-0.1, -0.05) is 17.7 Å². The molecule has 1 saturated heterocycles. The number of nitrogens with zero attached hydrogens (tertiary/aromatic N) is 2. The summed E-state index contributed by atoms with van der Waals surface area (Å²) in [6.45, 7) is 2.12. The van der Waals surface area contributed by atoms with E-state index in [0.29, 0.717) is 18.5 Å². The lowest BCUT2D eigenvalue weighted by molar-refractivity contribution is -0.0901. The number of hydrogen-bond acceptors (Lipinski definition) is 3. The van der Waals surface area contributed by atoms with E-state index in [1.54, 1.807) is 36.4 Å². The predicted octanol–water partition coefficient (Wildman–Crippen LogP) is 3.64. The minimum absolute atomic E-state index is 0.148. The highest BCUT2D eigenvalue weighted by Crippen LogP contribution is 2.46. The molecule has 4 rings (SSSR count). The van der Waals surface area contributed by atoms with Crippen LogP contribution in [0.3, 0.4) is 0 Å². The third-order valence-electron chi connectivity index (χ3n) is 4.49. The van der Waals surface area contributed by atoms with Crippen molar-refractivity contribution in [3.8, 4) is 5.75 Å². The predicted molar refractivity (Wildman–Crippen MR) is 86.1 cm³/mol. The van der Waals surface area contributed by atoms with E-state index in [0.717, 1.165) is 5.56 Å². The molecule has 0 radical (unpaired) electrons. The van der Waals surface area contributed by atoms with Gasteiger partial charge in [-0.05, 0) is 30.7 Å². The lowest BCUT2D eigenvalue weighted by Gasteiger charge is -2.50. The van der Waals surface area contributed by atoms with Crippen molar-refractivity contribution >= 4 is 17.6 Å². The van der Waals surface area contributed by atoms with Crippen LogP contribution in [0.25, 0.3) is 0 Å². The molecule has 1 N–H and O–H groups in total. The molecule has 2 aliphatic rings. The molecule has 0 saturated carbocycles. The van der Waals surface area contributed by atoms with Gasteiger partial charge >= 0.3 is 6.03 Å². The quantitative estimate of drug-likeness (QED) is 0.902. The van der Waals surface area contributed by atoms with Gasteiger partial charge in [-0.25, -0.2) is 9.18 Å². The second-order valence-corrected chi connectivity index (χ2v) is 6.67. The second kappa shape index (κ2) is 5.34. The van der Waals surface area contributed by atoms with Crippen molar-refractivity contribution < 1.29 is 13.9 Å². The average Bonchev–Trinajstić information content (AvgIpc) is 2.54. The molecule has 2 aromatic rings. The number of amides is 2. The van der Waals surface area contributed by atoms with Crippen LogP contribution in [0.5, 0.6) is 5.75 Å². The number of halogens is 2. The van der Waals surface area contributed by atoms with Crippen molar-refractivity contribution in [2.75, 3.05) is 0 Å². The molecule has 2 aliphatic heterocycles. The molecule has 3 heterocycles. The molecule has 1 aromatic carbocycles. The number of benzene rings is 1. The Balaban J connectivity index is 1.73. The number of aromatic nitrogens is 1. The normalized spacial score (nSPS) is 24.9. The molecule has 124 valence electrons. The van der Waals surface area contributed by atoms with Crippen LogP contribution >= 0.6 is 11.6 Å². The second-order valence-electron chi connectivity index (χ2n) is 6.24. The molecule has 7 heteroatoms. The van der Waals surface area contributed by atoms with Gasteiger partial charge in [0.1, 0.15) is 0 Å². The smallest absolute Gasteiger partial charge is 0.321 e. The number of carbonyl (C=O) groups is 1. The number of ether oxygens (including phenoxy) is 1. The molecule has 1 fully saturated rings. The van der Waals surface area contributed by atoms with E-state index < -0.39 is 11.5 Å². The van der Waals surface area contributed by atoms with E-state index >= 15 is 0 Å². The number of nitrogens with one attached hydrogen (secondary N) is 1. The van der Waals surface area contributed by atoms with Crippen molar-refractivity contribution in [1.82, 2.24) is 15.2 Å². The van der Waals surface area contributed by atoms with Crippen molar-refractivity contribution in [3.63, 3.8) is 0 Å². The van der Waals surface area contributed by atoms with E-state index in [9.17, 15) is 9.18 Å². The van der Waals surface area contributed by atoms with Crippen molar-refractivity contribution in [2.45, 2.75) is 31.7 Å². The summed E-state index contributed by atoms with van der Waals surface area (Å²) in [5, 5.41) is 3.20. The van der Waals surface area contributed by atoms with Crippen LogP contribution in [0.1, 0.15) is 30.5 Å². The number of hydrogen-bond donors (Lipinski definition) is 1. The standard InChI is InChI=1S/C17H15ClFN3O2/c1-17-7-14(12-5-11(18)6-13(19)15(12)24-17)21-16(23)22(17)9-10-3-2-4-20-8-10/h2-6,8,14H,7,9H2,1H3,(H,21,23). The number of rotatable bonds is 2. The summed E-state index contributed by atoms with van der Waals surface area (Å²) < 4.78 is 20.3. The van der Waals surface area contributed by atoms with Crippen LogP contribution in [0.2, 0.25) is 5.02 Å². The average molecular weight is 348 g/mol. The van der Waals surface area contributed by atoms with Crippen LogP contribution in [-0.2, 0) is 6.54 Å². The maximum atomic E-state index is 14.3. The Morgan fingerprint density at radius 2 is 2.38 bits per heavy atom. The van der Waals surface area contributed by atoms with E-state index in [2.05, 4.69) is 10.3 Å². The zero-order chi connectivity index (χ0) is 16.9. The van der Waals surface area contributed by atoms with Gasteiger partial charge in [-0.15, -0.1) is 0 Å². The first kappa shape index (κ1) is 15.2. The van der Waals surface area contributed by atoms with Gasteiger partial charge in [0.15, 0.2) is 17.3 Å². The number of urea groups is 1. The van der Waals surface area contributed by atoms with Gasteiger partial charge in [0.05, 0.1) is 12.6 Å². The van der Waals surface area contributed by atoms with Crippen molar-refractivity contribution in [3.05, 3.63) is 58.6 Å². The number of fused-ring (bicyclic) bond motifs is 4. The number of pyridine rings is 1. The highest BCUT2D eigenvalue weighted by molar-refractivity contribution is 6.30. The molecule has 24 heavy (non-hydrogen) atoms. The lowest BCUT2D eigenvalue weighted by atomic mass is 9.90. The lowest BCUT2D eigenvalue weighted by Crippen LogP contribution is -2.64. The SMILES string of the molecule is CC12CC(NC(=O)N1Cc1cccnc1)c1cc(Cl)cc(F)c1O2. The summed E-state index contributed by atoms with van der Waals surface area (Å²) in [5.41, 5.74) is 0.509. The monoisotopic (exact) mass is 347 g/mol. The first-order valence-corrected chi connectivity index (χ1v) is 7.99. The van der Waals surface area contributed by atoms with Crippen LogP contribution < -0.4 is 10.1 Å². The van der Waals surface area contributed by atoms with Crippen LogP contribution in [0.15, 0.2) is 36.7 Å².